The van der Waals surface area contributed by atoms with Gasteiger partial charge in [-0.25, -0.2) is 4.98 Å². The van der Waals surface area contributed by atoms with Crippen molar-refractivity contribution in [2.45, 2.75) is 20.8 Å². The highest BCUT2D eigenvalue weighted by Gasteiger charge is 2.13. The Hall–Kier alpha value is -2.29. The van der Waals surface area contributed by atoms with Crippen LogP contribution in [0.5, 0.6) is 0 Å². The Labute approximate surface area is 112 Å². The van der Waals surface area contributed by atoms with Crippen LogP contribution in [0.2, 0.25) is 0 Å². The van der Waals surface area contributed by atoms with E-state index in [-0.39, 0.29) is 0 Å². The van der Waals surface area contributed by atoms with Crippen LogP contribution in [0.15, 0.2) is 36.4 Å². The molecule has 3 rings (SSSR count). The van der Waals surface area contributed by atoms with Crippen LogP contribution in [-0.4, -0.2) is 9.55 Å². The topological polar surface area (TPSA) is 43.8 Å². The lowest BCUT2D eigenvalue weighted by atomic mass is 10.1. The van der Waals surface area contributed by atoms with Gasteiger partial charge >= 0.3 is 0 Å². The summed E-state index contributed by atoms with van der Waals surface area (Å²) in [5, 5.41) is 0. The minimum Gasteiger partial charge on any atom is -0.369 e. The highest BCUT2D eigenvalue weighted by Crippen LogP contribution is 2.28. The Morgan fingerprint density at radius 1 is 0.947 bits per heavy atom. The molecule has 1 heterocycles. The first-order valence-corrected chi connectivity index (χ1v) is 6.39. The number of hydrogen-bond donors (Lipinski definition) is 1. The normalized spacial score (nSPS) is 11.1. The van der Waals surface area contributed by atoms with Gasteiger partial charge in [0.25, 0.3) is 0 Å². The lowest BCUT2D eigenvalue weighted by Crippen LogP contribution is -2.04. The Morgan fingerprint density at radius 2 is 1.63 bits per heavy atom. The molecule has 0 aliphatic carbocycles. The van der Waals surface area contributed by atoms with Crippen LogP contribution in [0.3, 0.4) is 0 Å². The Kier molecular flexibility index (Phi) is 2.56. The summed E-state index contributed by atoms with van der Waals surface area (Å²) in [6.07, 6.45) is 0. The lowest BCUT2D eigenvalue weighted by molar-refractivity contribution is 1.07. The number of imidazole rings is 1. The molecule has 19 heavy (non-hydrogen) atoms. The first kappa shape index (κ1) is 11.8. The summed E-state index contributed by atoms with van der Waals surface area (Å²) < 4.78 is 2.05. The predicted molar refractivity (Wildman–Crippen MR) is 79.7 cm³/mol. The fourth-order valence-electron chi connectivity index (χ4n) is 2.53. The van der Waals surface area contributed by atoms with E-state index in [1.807, 2.05) is 16.7 Å². The molecule has 0 bridgehead atoms. The molecule has 96 valence electrons. The van der Waals surface area contributed by atoms with E-state index in [2.05, 4.69) is 50.0 Å². The Bertz CT molecular complexity index is 769. The van der Waals surface area contributed by atoms with Gasteiger partial charge in [-0.2, -0.15) is 0 Å². The summed E-state index contributed by atoms with van der Waals surface area (Å²) in [7, 11) is 0. The van der Waals surface area contributed by atoms with Crippen molar-refractivity contribution in [3.05, 3.63) is 53.1 Å². The van der Waals surface area contributed by atoms with Crippen molar-refractivity contribution in [2.24, 2.45) is 0 Å². The third kappa shape index (κ3) is 1.70. The van der Waals surface area contributed by atoms with Crippen LogP contribution in [0.25, 0.3) is 16.7 Å². The number of fused-ring (bicyclic) bond motifs is 1. The molecule has 0 aliphatic heterocycles. The first-order valence-electron chi connectivity index (χ1n) is 6.39. The number of nitrogens with zero attached hydrogens (tertiary/aromatic N) is 2. The molecule has 2 N–H and O–H groups in total. The molecular weight excluding hydrogens is 234 g/mol. The number of nitrogen functional groups attached to an aromatic ring is 1. The van der Waals surface area contributed by atoms with Crippen molar-refractivity contribution in [3.63, 3.8) is 0 Å². The second kappa shape index (κ2) is 4.12. The van der Waals surface area contributed by atoms with Crippen LogP contribution in [0, 0.1) is 20.8 Å². The number of rotatable bonds is 1. The number of nitrogens with two attached hydrogens (primary N) is 1. The molecule has 0 saturated heterocycles. The van der Waals surface area contributed by atoms with Crippen LogP contribution in [0.1, 0.15) is 16.7 Å². The zero-order chi connectivity index (χ0) is 13.6. The van der Waals surface area contributed by atoms with E-state index in [0.29, 0.717) is 5.95 Å². The molecule has 0 saturated carbocycles. The van der Waals surface area contributed by atoms with Crippen LogP contribution in [-0.2, 0) is 0 Å². The predicted octanol–water partition coefficient (Wildman–Crippen LogP) is 3.53. The zero-order valence-corrected chi connectivity index (χ0v) is 11.4. The highest BCUT2D eigenvalue weighted by atomic mass is 15.2. The van der Waals surface area contributed by atoms with E-state index in [1.165, 1.54) is 16.7 Å². The smallest absolute Gasteiger partial charge is 0.205 e. The summed E-state index contributed by atoms with van der Waals surface area (Å²) in [5.74, 6) is 0.540. The number of para-hydroxylation sites is 1. The maximum atomic E-state index is 6.13. The molecule has 2 aromatic carbocycles. The molecule has 0 spiro atoms. The van der Waals surface area contributed by atoms with Gasteiger partial charge in [-0.3, -0.25) is 4.57 Å². The van der Waals surface area contributed by atoms with Crippen molar-refractivity contribution in [3.8, 4) is 5.69 Å². The number of anilines is 1. The Balaban J connectivity index is 2.43. The maximum absolute atomic E-state index is 6.13. The van der Waals surface area contributed by atoms with Crippen molar-refractivity contribution in [2.75, 3.05) is 5.73 Å². The molecular formula is C16H17N3. The summed E-state index contributed by atoms with van der Waals surface area (Å²) >= 11 is 0. The zero-order valence-electron chi connectivity index (χ0n) is 11.4. The first-order chi connectivity index (χ1) is 9.09. The van der Waals surface area contributed by atoms with Crippen molar-refractivity contribution >= 4 is 17.0 Å². The van der Waals surface area contributed by atoms with Crippen LogP contribution >= 0.6 is 0 Å². The standard InChI is InChI=1S/C16H17N3/c1-10-6-5-9-14(12(10)3)19-15-11(2)7-4-8-13(15)18-16(19)17/h4-9H,1-3H3,(H2,17,18). The summed E-state index contributed by atoms with van der Waals surface area (Å²) in [6.45, 7) is 6.32. The van der Waals surface area contributed by atoms with Crippen molar-refractivity contribution in [1.82, 2.24) is 9.55 Å². The maximum Gasteiger partial charge on any atom is 0.205 e. The number of aryl methyl sites for hydroxylation is 2. The quantitative estimate of drug-likeness (QED) is 0.719. The minimum absolute atomic E-state index is 0.540. The molecule has 0 atom stereocenters. The number of aromatic nitrogens is 2. The summed E-state index contributed by atoms with van der Waals surface area (Å²) in [4.78, 5) is 4.46. The van der Waals surface area contributed by atoms with Gasteiger partial charge in [0.05, 0.1) is 16.7 Å². The van der Waals surface area contributed by atoms with Gasteiger partial charge in [-0.1, -0.05) is 24.3 Å². The molecule has 3 nitrogen and oxygen atoms in total. The van der Waals surface area contributed by atoms with E-state index in [9.17, 15) is 0 Å². The molecule has 3 aromatic rings. The van der Waals surface area contributed by atoms with Gasteiger partial charge in [-0.15, -0.1) is 0 Å². The van der Waals surface area contributed by atoms with E-state index in [1.54, 1.807) is 0 Å². The third-order valence-electron chi connectivity index (χ3n) is 3.72. The largest absolute Gasteiger partial charge is 0.369 e. The van der Waals surface area contributed by atoms with Gasteiger partial charge in [0, 0.05) is 0 Å². The average molecular weight is 251 g/mol. The molecule has 0 unspecified atom stereocenters. The second-order valence-corrected chi connectivity index (χ2v) is 4.97. The van der Waals surface area contributed by atoms with Gasteiger partial charge in [0.15, 0.2) is 0 Å². The molecule has 0 radical (unpaired) electrons. The molecule has 0 fully saturated rings. The van der Waals surface area contributed by atoms with Crippen LogP contribution in [0.4, 0.5) is 5.95 Å². The third-order valence-corrected chi connectivity index (χ3v) is 3.72. The lowest BCUT2D eigenvalue weighted by Gasteiger charge is -2.13. The summed E-state index contributed by atoms with van der Waals surface area (Å²) in [6, 6.07) is 12.4. The van der Waals surface area contributed by atoms with Gasteiger partial charge < -0.3 is 5.73 Å². The fourth-order valence-corrected chi connectivity index (χ4v) is 2.53. The molecule has 1 aromatic heterocycles. The van der Waals surface area contributed by atoms with E-state index in [4.69, 9.17) is 5.73 Å². The second-order valence-electron chi connectivity index (χ2n) is 4.97. The van der Waals surface area contributed by atoms with E-state index >= 15 is 0 Å². The molecule has 3 heteroatoms. The number of benzene rings is 2. The van der Waals surface area contributed by atoms with Crippen LogP contribution < -0.4 is 5.73 Å². The van der Waals surface area contributed by atoms with Crippen molar-refractivity contribution < 1.29 is 0 Å². The summed E-state index contributed by atoms with van der Waals surface area (Å²) in [5.41, 5.74) is 12.9. The number of hydrogen-bond acceptors (Lipinski definition) is 2. The fraction of sp³-hybridized carbons (Fsp3) is 0.188. The SMILES string of the molecule is Cc1cccc(-n2c(N)nc3cccc(C)c32)c1C. The van der Waals surface area contributed by atoms with E-state index < -0.39 is 0 Å². The highest BCUT2D eigenvalue weighted by molar-refractivity contribution is 5.84. The van der Waals surface area contributed by atoms with Gasteiger partial charge in [0.2, 0.25) is 5.95 Å². The molecule has 0 amide bonds. The van der Waals surface area contributed by atoms with E-state index in [0.717, 1.165) is 16.7 Å². The Morgan fingerprint density at radius 3 is 2.42 bits per heavy atom. The minimum atomic E-state index is 0.540. The average Bonchev–Trinajstić information content (AvgIpc) is 2.71. The molecule has 0 aliphatic rings. The monoisotopic (exact) mass is 251 g/mol. The van der Waals surface area contributed by atoms with Crippen molar-refractivity contribution in [1.29, 1.82) is 0 Å². The van der Waals surface area contributed by atoms with Gasteiger partial charge in [-0.05, 0) is 49.6 Å². The van der Waals surface area contributed by atoms with Gasteiger partial charge in [0.1, 0.15) is 0 Å².